The molecule has 4 rings (SSSR count). The van der Waals surface area contributed by atoms with Gasteiger partial charge in [-0.15, -0.1) is 0 Å². The molecule has 0 atom stereocenters. The molecule has 1 fully saturated rings. The van der Waals surface area contributed by atoms with Gasteiger partial charge < -0.3 is 0 Å². The first kappa shape index (κ1) is 11.4. The molecule has 0 saturated heterocycles. The molecule has 1 heteroatoms. The van der Waals surface area contributed by atoms with E-state index < -0.39 is 6.85 Å². The van der Waals surface area contributed by atoms with Crippen LogP contribution in [0, 0.1) is 13.8 Å². The number of hydrogen-bond donors (Lipinski definition) is 0. The Morgan fingerprint density at radius 2 is 1.83 bits per heavy atom. The van der Waals surface area contributed by atoms with E-state index >= 15 is 0 Å². The van der Waals surface area contributed by atoms with Crippen molar-refractivity contribution in [1.29, 1.82) is 0 Å². The van der Waals surface area contributed by atoms with Gasteiger partial charge in [0, 0.05) is 21.3 Å². The summed E-state index contributed by atoms with van der Waals surface area (Å²) in [4.78, 5) is 4.58. The highest BCUT2D eigenvalue weighted by atomic mass is 14.7. The third-order valence-corrected chi connectivity index (χ3v) is 4.97. The lowest BCUT2D eigenvalue weighted by Crippen LogP contribution is -1.93. The maximum atomic E-state index is 7.73. The molecule has 1 aromatic heterocycles. The van der Waals surface area contributed by atoms with Crippen molar-refractivity contribution in [2.24, 2.45) is 0 Å². The van der Waals surface area contributed by atoms with Gasteiger partial charge in [-0.2, -0.15) is 0 Å². The van der Waals surface area contributed by atoms with Gasteiger partial charge in [0.1, 0.15) is 0 Å². The smallest absolute Gasteiger partial charge is 0.0780 e. The minimum atomic E-state index is -2.11. The van der Waals surface area contributed by atoms with Gasteiger partial charge >= 0.3 is 0 Å². The van der Waals surface area contributed by atoms with Crippen LogP contribution in [0.25, 0.3) is 22.0 Å². The van der Waals surface area contributed by atoms with Crippen molar-refractivity contribution in [2.75, 3.05) is 0 Å². The monoisotopic (exact) mass is 304 g/mol. The Morgan fingerprint density at radius 3 is 2.65 bits per heavy atom. The van der Waals surface area contributed by atoms with E-state index in [0.717, 1.165) is 22.2 Å². The van der Waals surface area contributed by atoms with Crippen molar-refractivity contribution in [3.8, 4) is 11.3 Å². The van der Waals surface area contributed by atoms with E-state index in [0.29, 0.717) is 11.5 Å². The van der Waals surface area contributed by atoms with Crippen LogP contribution >= 0.6 is 0 Å². The van der Waals surface area contributed by atoms with Gasteiger partial charge in [-0.05, 0) is 61.7 Å². The van der Waals surface area contributed by atoms with Crippen LogP contribution < -0.4 is 0 Å². The van der Waals surface area contributed by atoms with Crippen LogP contribution in [0.15, 0.2) is 48.7 Å². The van der Waals surface area contributed by atoms with E-state index in [1.807, 2.05) is 19.2 Å². The predicted octanol–water partition coefficient (Wildman–Crippen LogP) is 6.18. The van der Waals surface area contributed by atoms with E-state index in [4.69, 9.17) is 4.11 Å². The highest BCUT2D eigenvalue weighted by Crippen LogP contribution is 2.36. The van der Waals surface area contributed by atoms with Crippen molar-refractivity contribution < 1.29 is 4.11 Å². The van der Waals surface area contributed by atoms with Gasteiger partial charge in [0.2, 0.25) is 0 Å². The number of benzene rings is 2. The molecule has 0 N–H and O–H groups in total. The molecule has 0 aliphatic heterocycles. The molecule has 0 spiro atoms. The summed E-state index contributed by atoms with van der Waals surface area (Å²) in [5.41, 5.74) is 4.45. The second kappa shape index (κ2) is 5.81. The van der Waals surface area contributed by atoms with E-state index in [1.165, 1.54) is 36.6 Å². The normalized spacial score (nSPS) is 17.9. The second-order valence-corrected chi connectivity index (χ2v) is 6.71. The molecular weight excluding hydrogens is 278 g/mol. The molecular formula is C22H23N. The second-order valence-electron chi connectivity index (χ2n) is 6.71. The Balaban J connectivity index is 1.83. The first-order valence-corrected chi connectivity index (χ1v) is 8.43. The summed E-state index contributed by atoms with van der Waals surface area (Å²) in [6.07, 6.45) is 7.04. The number of aryl methyl sites for hydroxylation is 2. The first-order chi connectivity index (χ1) is 12.4. The molecule has 1 saturated carbocycles. The maximum Gasteiger partial charge on any atom is 0.0780 e. The summed E-state index contributed by atoms with van der Waals surface area (Å²) in [5.74, 6) is 0.678. The molecule has 0 bridgehead atoms. The fourth-order valence-corrected chi connectivity index (χ4v) is 3.86. The van der Waals surface area contributed by atoms with Crippen LogP contribution in [0.1, 0.15) is 52.4 Å². The van der Waals surface area contributed by atoms with Crippen LogP contribution in [0.2, 0.25) is 0 Å². The fourth-order valence-electron chi connectivity index (χ4n) is 3.86. The third kappa shape index (κ3) is 2.76. The Labute approximate surface area is 142 Å². The molecule has 1 aliphatic rings. The summed E-state index contributed by atoms with van der Waals surface area (Å²) < 4.78 is 23.2. The summed E-state index contributed by atoms with van der Waals surface area (Å²) in [6, 6.07) is 14.2. The van der Waals surface area contributed by atoms with Crippen molar-refractivity contribution >= 4 is 10.8 Å². The zero-order valence-corrected chi connectivity index (χ0v) is 13.5. The van der Waals surface area contributed by atoms with E-state index in [1.54, 1.807) is 12.1 Å². The number of aromatic nitrogens is 1. The molecule has 1 heterocycles. The van der Waals surface area contributed by atoms with Crippen molar-refractivity contribution in [1.82, 2.24) is 4.98 Å². The molecule has 0 unspecified atom stereocenters. The Bertz CT molecular complexity index is 953. The Kier molecular flexibility index (Phi) is 2.88. The van der Waals surface area contributed by atoms with Crippen molar-refractivity contribution in [3.63, 3.8) is 0 Å². The highest BCUT2D eigenvalue weighted by Gasteiger charge is 2.17. The minimum Gasteiger partial charge on any atom is -0.256 e. The molecule has 1 aliphatic carbocycles. The van der Waals surface area contributed by atoms with Crippen LogP contribution in [0.3, 0.4) is 0 Å². The number of hydrogen-bond acceptors (Lipinski definition) is 1. The zero-order chi connectivity index (χ0) is 18.3. The molecule has 0 radical (unpaired) electrons. The Morgan fingerprint density at radius 1 is 1.00 bits per heavy atom. The summed E-state index contributed by atoms with van der Waals surface area (Å²) >= 11 is 0. The Hall–Kier alpha value is -2.15. The van der Waals surface area contributed by atoms with Gasteiger partial charge in [-0.25, -0.2) is 0 Å². The fraction of sp³-hybridized carbons (Fsp3) is 0.318. The lowest BCUT2D eigenvalue weighted by molar-refractivity contribution is 0.724. The van der Waals surface area contributed by atoms with Gasteiger partial charge in [-0.3, -0.25) is 4.98 Å². The van der Waals surface area contributed by atoms with Gasteiger partial charge in [0.15, 0.2) is 0 Å². The van der Waals surface area contributed by atoms with Gasteiger partial charge in [0.05, 0.1) is 5.69 Å². The van der Waals surface area contributed by atoms with E-state index in [2.05, 4.69) is 29.2 Å². The largest absolute Gasteiger partial charge is 0.256 e. The van der Waals surface area contributed by atoms with Crippen molar-refractivity contribution in [3.05, 3.63) is 65.4 Å². The molecule has 0 amide bonds. The van der Waals surface area contributed by atoms with Gasteiger partial charge in [-0.1, -0.05) is 48.2 Å². The molecule has 2 aromatic carbocycles. The maximum absolute atomic E-state index is 7.73. The van der Waals surface area contributed by atoms with Crippen LogP contribution in [0.5, 0.6) is 0 Å². The van der Waals surface area contributed by atoms with E-state index in [-0.39, 0.29) is 0 Å². The lowest BCUT2D eigenvalue weighted by Gasteiger charge is -2.13. The molecule has 1 nitrogen and oxygen atoms in total. The SMILES string of the molecule is [2H]C([2H])([2H])c1cc(C)cc(-c2nccc3cc(C4CCCC4)ccc23)c1. The topological polar surface area (TPSA) is 12.9 Å². The highest BCUT2D eigenvalue weighted by molar-refractivity contribution is 5.95. The van der Waals surface area contributed by atoms with Crippen LogP contribution in [0.4, 0.5) is 0 Å². The zero-order valence-electron chi connectivity index (χ0n) is 16.5. The number of nitrogens with zero attached hydrogens (tertiary/aromatic N) is 1. The van der Waals surface area contributed by atoms with Crippen LogP contribution in [-0.2, 0) is 0 Å². The predicted molar refractivity (Wildman–Crippen MR) is 97.9 cm³/mol. The number of rotatable bonds is 2. The lowest BCUT2D eigenvalue weighted by atomic mass is 9.93. The summed E-state index contributed by atoms with van der Waals surface area (Å²) in [7, 11) is 0. The third-order valence-electron chi connectivity index (χ3n) is 4.97. The minimum absolute atomic E-state index is 0.369. The van der Waals surface area contributed by atoms with Gasteiger partial charge in [0.25, 0.3) is 0 Å². The summed E-state index contributed by atoms with van der Waals surface area (Å²) in [6.45, 7) is -0.178. The summed E-state index contributed by atoms with van der Waals surface area (Å²) in [5, 5.41) is 2.26. The number of fused-ring (bicyclic) bond motifs is 1. The first-order valence-electron chi connectivity index (χ1n) is 9.93. The van der Waals surface area contributed by atoms with E-state index in [9.17, 15) is 0 Å². The van der Waals surface area contributed by atoms with Crippen LogP contribution in [-0.4, -0.2) is 4.98 Å². The number of pyridine rings is 1. The molecule has 3 aromatic rings. The van der Waals surface area contributed by atoms with Crippen molar-refractivity contribution in [2.45, 2.75) is 45.4 Å². The quantitative estimate of drug-likeness (QED) is 0.551. The average Bonchev–Trinajstić information content (AvgIpc) is 3.14. The molecule has 116 valence electrons. The average molecular weight is 304 g/mol. The molecule has 23 heavy (non-hydrogen) atoms. The standard InChI is InChI=1S/C22H23N/c1-15-11-16(2)13-20(12-15)22-21-8-7-18(17-5-3-4-6-17)14-19(21)9-10-23-22/h7-14,17H,3-6H2,1-2H3/i1D3.